The Balaban J connectivity index is 0.00000169. The molecule has 132 valence electrons. The Morgan fingerprint density at radius 2 is 1.88 bits per heavy atom. The van der Waals surface area contributed by atoms with Crippen LogP contribution in [0.3, 0.4) is 0 Å². The smallest absolute Gasteiger partial charge is 0.229 e. The van der Waals surface area contributed by atoms with Gasteiger partial charge in [-0.25, -0.2) is 5.43 Å². The Morgan fingerprint density at radius 3 is 2.54 bits per heavy atom. The second-order valence-electron chi connectivity index (χ2n) is 7.27. The third-order valence-corrected chi connectivity index (χ3v) is 5.93. The van der Waals surface area contributed by atoms with Crippen molar-refractivity contribution < 1.29 is 4.79 Å². The first-order chi connectivity index (χ1) is 11.3. The lowest BCUT2D eigenvalue weighted by atomic mass is 9.77. The van der Waals surface area contributed by atoms with E-state index in [2.05, 4.69) is 33.2 Å². The zero-order chi connectivity index (χ0) is 15.7. The number of nitrogens with one attached hydrogen (secondary N) is 3. The van der Waals surface area contributed by atoms with Crippen LogP contribution in [0.1, 0.15) is 30.9 Å². The Hall–Kier alpha value is -1.14. The second kappa shape index (κ2) is 7.40. The Morgan fingerprint density at radius 1 is 1.12 bits per heavy atom. The number of carbonyl (C=O) groups is 1. The minimum atomic E-state index is -0.00634. The van der Waals surface area contributed by atoms with Gasteiger partial charge in [0.2, 0.25) is 5.91 Å². The van der Waals surface area contributed by atoms with E-state index in [4.69, 9.17) is 0 Å². The Labute approximate surface area is 149 Å². The first kappa shape index (κ1) is 17.7. The van der Waals surface area contributed by atoms with E-state index in [0.29, 0.717) is 17.9 Å². The summed E-state index contributed by atoms with van der Waals surface area (Å²) in [4.78, 5) is 15.1. The molecule has 3 aliphatic rings. The maximum absolute atomic E-state index is 13.0. The number of halogens is 1. The fourth-order valence-corrected chi connectivity index (χ4v) is 4.36. The number of hydrogen-bond donors (Lipinski definition) is 3. The maximum atomic E-state index is 13.0. The summed E-state index contributed by atoms with van der Waals surface area (Å²) in [6, 6.07) is 10.4. The first-order valence-corrected chi connectivity index (χ1v) is 8.80. The molecular weight excluding hydrogens is 324 g/mol. The summed E-state index contributed by atoms with van der Waals surface area (Å²) in [6.07, 6.45) is 3.57. The molecule has 1 aromatic rings. The van der Waals surface area contributed by atoms with Gasteiger partial charge in [0.15, 0.2) is 0 Å². The highest BCUT2D eigenvalue weighted by Gasteiger charge is 2.41. The number of nitrogens with zero attached hydrogens (tertiary/aromatic N) is 1. The molecule has 0 aliphatic carbocycles. The zero-order valence-corrected chi connectivity index (χ0v) is 14.8. The molecule has 0 saturated carbocycles. The van der Waals surface area contributed by atoms with Crippen LogP contribution in [-0.4, -0.2) is 43.5 Å². The molecule has 1 amide bonds. The van der Waals surface area contributed by atoms with Gasteiger partial charge in [-0.1, -0.05) is 30.3 Å². The third-order valence-electron chi connectivity index (χ3n) is 5.93. The number of hydrazine groups is 1. The molecule has 1 aromatic carbocycles. The highest BCUT2D eigenvalue weighted by atomic mass is 35.5. The van der Waals surface area contributed by atoms with E-state index in [9.17, 15) is 4.79 Å². The minimum absolute atomic E-state index is 0. The van der Waals surface area contributed by atoms with Gasteiger partial charge < -0.3 is 10.2 Å². The standard InChI is InChI=1S/C18H26N4O.ClH/c23-17(22-10-7-18(8-11-22)6-9-19-13-18)15-12-20-21-16(15)14-4-2-1-3-5-14;/h1-5,15-16,19-21H,6-13H2;1H. The number of carbonyl (C=O) groups excluding carboxylic acids is 1. The van der Waals surface area contributed by atoms with Gasteiger partial charge >= 0.3 is 0 Å². The lowest BCUT2D eigenvalue weighted by Crippen LogP contribution is -2.47. The summed E-state index contributed by atoms with van der Waals surface area (Å²) >= 11 is 0. The van der Waals surface area contributed by atoms with E-state index in [0.717, 1.165) is 39.0 Å². The summed E-state index contributed by atoms with van der Waals surface area (Å²) in [6.45, 7) is 4.81. The number of hydrogen-bond acceptors (Lipinski definition) is 4. The molecule has 1 spiro atoms. The van der Waals surface area contributed by atoms with Gasteiger partial charge in [0.1, 0.15) is 0 Å². The number of piperidine rings is 1. The molecule has 6 heteroatoms. The fraction of sp³-hybridized carbons (Fsp3) is 0.611. The molecule has 3 saturated heterocycles. The van der Waals surface area contributed by atoms with Crippen LogP contribution in [0.5, 0.6) is 0 Å². The summed E-state index contributed by atoms with van der Waals surface area (Å²) in [5, 5.41) is 3.49. The van der Waals surface area contributed by atoms with E-state index in [1.165, 1.54) is 12.0 Å². The normalized spacial score (nSPS) is 28.8. The molecule has 3 aliphatic heterocycles. The first-order valence-electron chi connectivity index (χ1n) is 8.80. The Bertz CT molecular complexity index is 551. The molecule has 0 bridgehead atoms. The van der Waals surface area contributed by atoms with Crippen molar-refractivity contribution in [3.05, 3.63) is 35.9 Å². The predicted octanol–water partition coefficient (Wildman–Crippen LogP) is 1.48. The van der Waals surface area contributed by atoms with E-state index in [1.54, 1.807) is 0 Å². The monoisotopic (exact) mass is 350 g/mol. The predicted molar refractivity (Wildman–Crippen MR) is 96.8 cm³/mol. The molecule has 5 nitrogen and oxygen atoms in total. The SMILES string of the molecule is Cl.O=C(C1CNNC1c1ccccc1)N1CCC2(CCNC2)CC1. The molecule has 2 unspecified atom stereocenters. The van der Waals surface area contributed by atoms with Gasteiger partial charge in [-0.15, -0.1) is 12.4 Å². The van der Waals surface area contributed by atoms with Crippen LogP contribution in [0.2, 0.25) is 0 Å². The van der Waals surface area contributed by atoms with Crippen molar-refractivity contribution in [3.8, 4) is 0 Å². The molecule has 0 aromatic heterocycles. The second-order valence-corrected chi connectivity index (χ2v) is 7.27. The molecule has 4 rings (SSSR count). The summed E-state index contributed by atoms with van der Waals surface area (Å²) in [7, 11) is 0. The van der Waals surface area contributed by atoms with Gasteiger partial charge in [0.05, 0.1) is 12.0 Å². The third kappa shape index (κ3) is 3.31. The van der Waals surface area contributed by atoms with E-state index >= 15 is 0 Å². The van der Waals surface area contributed by atoms with E-state index in [-0.39, 0.29) is 24.4 Å². The van der Waals surface area contributed by atoms with Crippen molar-refractivity contribution in [1.82, 2.24) is 21.1 Å². The van der Waals surface area contributed by atoms with Crippen LogP contribution < -0.4 is 16.2 Å². The molecule has 2 atom stereocenters. The summed E-state index contributed by atoms with van der Waals surface area (Å²) in [5.41, 5.74) is 8.11. The van der Waals surface area contributed by atoms with Crippen LogP contribution >= 0.6 is 12.4 Å². The van der Waals surface area contributed by atoms with Gasteiger partial charge in [-0.2, -0.15) is 0 Å². The summed E-state index contributed by atoms with van der Waals surface area (Å²) < 4.78 is 0. The molecule has 24 heavy (non-hydrogen) atoms. The average molecular weight is 351 g/mol. The molecule has 3 fully saturated rings. The fourth-order valence-electron chi connectivity index (χ4n) is 4.36. The molecule has 3 N–H and O–H groups in total. The number of rotatable bonds is 2. The van der Waals surface area contributed by atoms with Crippen molar-refractivity contribution in [1.29, 1.82) is 0 Å². The molecule has 0 radical (unpaired) electrons. The zero-order valence-electron chi connectivity index (χ0n) is 14.0. The van der Waals surface area contributed by atoms with Crippen molar-refractivity contribution >= 4 is 18.3 Å². The number of benzene rings is 1. The average Bonchev–Trinajstić information content (AvgIpc) is 3.26. The topological polar surface area (TPSA) is 56.4 Å². The van der Waals surface area contributed by atoms with Crippen LogP contribution in [0.25, 0.3) is 0 Å². The lowest BCUT2D eigenvalue weighted by Gasteiger charge is -2.40. The largest absolute Gasteiger partial charge is 0.342 e. The molecular formula is C18H27ClN4O. The number of amides is 1. The van der Waals surface area contributed by atoms with E-state index < -0.39 is 0 Å². The van der Waals surface area contributed by atoms with Crippen LogP contribution in [0.4, 0.5) is 0 Å². The molecule has 3 heterocycles. The van der Waals surface area contributed by atoms with Crippen molar-refractivity contribution in [2.24, 2.45) is 11.3 Å². The van der Waals surface area contributed by atoms with Crippen LogP contribution in [-0.2, 0) is 4.79 Å². The highest BCUT2D eigenvalue weighted by molar-refractivity contribution is 5.85. The van der Waals surface area contributed by atoms with Crippen molar-refractivity contribution in [2.45, 2.75) is 25.3 Å². The minimum Gasteiger partial charge on any atom is -0.342 e. The van der Waals surface area contributed by atoms with Crippen LogP contribution in [0, 0.1) is 11.3 Å². The quantitative estimate of drug-likeness (QED) is 0.756. The van der Waals surface area contributed by atoms with Crippen molar-refractivity contribution in [2.75, 3.05) is 32.7 Å². The van der Waals surface area contributed by atoms with Crippen LogP contribution in [0.15, 0.2) is 30.3 Å². The lowest BCUT2D eigenvalue weighted by molar-refractivity contribution is -0.137. The van der Waals surface area contributed by atoms with Gasteiger partial charge in [0.25, 0.3) is 0 Å². The highest BCUT2D eigenvalue weighted by Crippen LogP contribution is 2.38. The van der Waals surface area contributed by atoms with Crippen molar-refractivity contribution in [3.63, 3.8) is 0 Å². The van der Waals surface area contributed by atoms with Gasteiger partial charge in [-0.3, -0.25) is 10.2 Å². The maximum Gasteiger partial charge on any atom is 0.229 e. The van der Waals surface area contributed by atoms with Gasteiger partial charge in [0, 0.05) is 26.2 Å². The number of likely N-dealkylation sites (tertiary alicyclic amines) is 1. The Kier molecular flexibility index (Phi) is 5.45. The summed E-state index contributed by atoms with van der Waals surface area (Å²) in [5.74, 6) is 0.297. The van der Waals surface area contributed by atoms with Gasteiger partial charge in [-0.05, 0) is 36.8 Å². The van der Waals surface area contributed by atoms with E-state index in [1.807, 2.05) is 18.2 Å².